The summed E-state index contributed by atoms with van der Waals surface area (Å²) >= 11 is 0. The fourth-order valence-corrected chi connectivity index (χ4v) is 0.577. The molecule has 0 aromatic heterocycles. The maximum Gasteiger partial charge on any atom is -0.0213 e. The van der Waals surface area contributed by atoms with E-state index in [0.717, 1.165) is 0 Å². The molecular formula is C11H24. The third-order valence-corrected chi connectivity index (χ3v) is 1.85. The van der Waals surface area contributed by atoms with E-state index in [1.807, 2.05) is 13.8 Å². The largest absolute Gasteiger partial charge is 0.0914 e. The molecule has 0 spiro atoms. The van der Waals surface area contributed by atoms with Gasteiger partial charge in [0.2, 0.25) is 0 Å². The summed E-state index contributed by atoms with van der Waals surface area (Å²) in [5, 5.41) is 0. The van der Waals surface area contributed by atoms with Crippen molar-refractivity contribution in [1.82, 2.24) is 0 Å². The van der Waals surface area contributed by atoms with Gasteiger partial charge in [0.25, 0.3) is 0 Å². The molecule has 0 rings (SSSR count). The van der Waals surface area contributed by atoms with Gasteiger partial charge in [-0.25, -0.2) is 0 Å². The zero-order chi connectivity index (χ0) is 9.49. The molecule has 0 amide bonds. The summed E-state index contributed by atoms with van der Waals surface area (Å²) in [4.78, 5) is 0. The van der Waals surface area contributed by atoms with Gasteiger partial charge in [0.1, 0.15) is 0 Å². The second kappa shape index (κ2) is 6.45. The molecule has 0 aromatic carbocycles. The molecular weight excluding hydrogens is 132 g/mol. The minimum Gasteiger partial charge on any atom is -0.0914 e. The molecule has 0 saturated carbocycles. The quantitative estimate of drug-likeness (QED) is 0.497. The summed E-state index contributed by atoms with van der Waals surface area (Å²) in [6, 6.07) is 0. The molecule has 0 fully saturated rings. The van der Waals surface area contributed by atoms with Crippen LogP contribution >= 0.6 is 0 Å². The van der Waals surface area contributed by atoms with Gasteiger partial charge in [0.05, 0.1) is 0 Å². The van der Waals surface area contributed by atoms with Crippen LogP contribution in [0.15, 0.2) is 12.2 Å². The molecule has 0 N–H and O–H groups in total. The van der Waals surface area contributed by atoms with Gasteiger partial charge in [-0.3, -0.25) is 0 Å². The first-order valence-electron chi connectivity index (χ1n) is 4.61. The summed E-state index contributed by atoms with van der Waals surface area (Å²) in [6.07, 6.45) is 4.37. The molecule has 11 heavy (non-hydrogen) atoms. The van der Waals surface area contributed by atoms with Gasteiger partial charge < -0.3 is 0 Å². The SMILES string of the molecule is C/C=C\C(C)C(C)(C)C.CC. The molecule has 68 valence electrons. The highest BCUT2D eigenvalue weighted by Crippen LogP contribution is 2.25. The van der Waals surface area contributed by atoms with E-state index in [1.54, 1.807) is 0 Å². The summed E-state index contributed by atoms with van der Waals surface area (Å²) in [6.45, 7) is 15.1. The van der Waals surface area contributed by atoms with Crippen LogP contribution in [0.5, 0.6) is 0 Å². The lowest BCUT2D eigenvalue weighted by Crippen LogP contribution is -2.14. The van der Waals surface area contributed by atoms with E-state index in [-0.39, 0.29) is 0 Å². The summed E-state index contributed by atoms with van der Waals surface area (Å²) in [7, 11) is 0. The Bertz CT molecular complexity index is 93.1. The highest BCUT2D eigenvalue weighted by Gasteiger charge is 2.15. The molecule has 1 unspecified atom stereocenters. The van der Waals surface area contributed by atoms with Gasteiger partial charge in [-0.2, -0.15) is 0 Å². The van der Waals surface area contributed by atoms with Crippen molar-refractivity contribution < 1.29 is 0 Å². The predicted molar refractivity (Wildman–Crippen MR) is 54.8 cm³/mol. The zero-order valence-electron chi connectivity index (χ0n) is 9.23. The van der Waals surface area contributed by atoms with Crippen molar-refractivity contribution in [2.75, 3.05) is 0 Å². The normalized spacial score (nSPS) is 14.1. The highest BCUT2D eigenvalue weighted by molar-refractivity contribution is 4.89. The second-order valence-corrected chi connectivity index (χ2v) is 3.68. The lowest BCUT2D eigenvalue weighted by Gasteiger charge is -2.23. The van der Waals surface area contributed by atoms with Gasteiger partial charge >= 0.3 is 0 Å². The Morgan fingerprint density at radius 1 is 1.09 bits per heavy atom. The standard InChI is InChI=1S/C9H18.C2H6/c1-6-7-8(2)9(3,4)5;1-2/h6-8H,1-5H3;1-2H3/b7-6-;. The van der Waals surface area contributed by atoms with Gasteiger partial charge in [-0.1, -0.05) is 53.7 Å². The van der Waals surface area contributed by atoms with Gasteiger partial charge in [-0.05, 0) is 18.3 Å². The maximum atomic E-state index is 2.26. The highest BCUT2D eigenvalue weighted by atomic mass is 14.2. The molecule has 1 atom stereocenters. The van der Waals surface area contributed by atoms with Crippen molar-refractivity contribution in [2.24, 2.45) is 11.3 Å². The topological polar surface area (TPSA) is 0 Å². The number of hydrogen-bond donors (Lipinski definition) is 0. The van der Waals surface area contributed by atoms with E-state index < -0.39 is 0 Å². The Morgan fingerprint density at radius 2 is 1.45 bits per heavy atom. The van der Waals surface area contributed by atoms with Crippen LogP contribution < -0.4 is 0 Å². The molecule has 0 saturated heterocycles. The van der Waals surface area contributed by atoms with Gasteiger partial charge in [0, 0.05) is 0 Å². The van der Waals surface area contributed by atoms with Gasteiger partial charge in [0.15, 0.2) is 0 Å². The van der Waals surface area contributed by atoms with Crippen LogP contribution in [0.2, 0.25) is 0 Å². The molecule has 0 aliphatic heterocycles. The average molecular weight is 156 g/mol. The first-order chi connectivity index (χ1) is 4.98. The maximum absolute atomic E-state index is 2.26. The van der Waals surface area contributed by atoms with E-state index in [0.29, 0.717) is 11.3 Å². The number of allylic oxidation sites excluding steroid dienone is 2. The van der Waals surface area contributed by atoms with Crippen LogP contribution in [0, 0.1) is 11.3 Å². The Hall–Kier alpha value is -0.260. The molecule has 0 nitrogen and oxygen atoms in total. The Balaban J connectivity index is 0. The van der Waals surface area contributed by atoms with Crippen LogP contribution in [0.1, 0.15) is 48.5 Å². The lowest BCUT2D eigenvalue weighted by atomic mass is 9.82. The van der Waals surface area contributed by atoms with Crippen LogP contribution in [0.4, 0.5) is 0 Å². The number of rotatable bonds is 1. The lowest BCUT2D eigenvalue weighted by molar-refractivity contribution is 0.314. The van der Waals surface area contributed by atoms with Crippen LogP contribution in [0.25, 0.3) is 0 Å². The van der Waals surface area contributed by atoms with Gasteiger partial charge in [-0.15, -0.1) is 0 Å². The molecule has 0 heteroatoms. The Morgan fingerprint density at radius 3 is 1.55 bits per heavy atom. The van der Waals surface area contributed by atoms with Crippen molar-refractivity contribution in [3.8, 4) is 0 Å². The predicted octanol–water partition coefficient (Wildman–Crippen LogP) is 4.27. The second-order valence-electron chi connectivity index (χ2n) is 3.68. The van der Waals surface area contributed by atoms with E-state index in [9.17, 15) is 0 Å². The third kappa shape index (κ3) is 7.64. The van der Waals surface area contributed by atoms with E-state index >= 15 is 0 Å². The monoisotopic (exact) mass is 156 g/mol. The minimum atomic E-state index is 0.423. The van der Waals surface area contributed by atoms with Crippen LogP contribution in [-0.4, -0.2) is 0 Å². The van der Waals surface area contributed by atoms with E-state index in [2.05, 4.69) is 46.8 Å². The third-order valence-electron chi connectivity index (χ3n) is 1.85. The summed E-state index contributed by atoms with van der Waals surface area (Å²) < 4.78 is 0. The van der Waals surface area contributed by atoms with E-state index in [4.69, 9.17) is 0 Å². The summed E-state index contributed by atoms with van der Waals surface area (Å²) in [5.74, 6) is 0.683. The van der Waals surface area contributed by atoms with E-state index in [1.165, 1.54) is 0 Å². The van der Waals surface area contributed by atoms with Crippen molar-refractivity contribution in [3.05, 3.63) is 12.2 Å². The average Bonchev–Trinajstić information content (AvgIpc) is 1.91. The Kier molecular flexibility index (Phi) is 7.82. The minimum absolute atomic E-state index is 0.423. The Labute approximate surface area is 72.7 Å². The fourth-order valence-electron chi connectivity index (χ4n) is 0.577. The van der Waals surface area contributed by atoms with Crippen LogP contribution in [0.3, 0.4) is 0 Å². The molecule has 0 aliphatic carbocycles. The molecule has 0 aliphatic rings. The summed E-state index contributed by atoms with van der Waals surface area (Å²) in [5.41, 5.74) is 0.423. The first-order valence-corrected chi connectivity index (χ1v) is 4.61. The molecule has 0 bridgehead atoms. The van der Waals surface area contributed by atoms with Crippen molar-refractivity contribution >= 4 is 0 Å². The molecule has 0 heterocycles. The molecule has 0 aromatic rings. The van der Waals surface area contributed by atoms with Crippen LogP contribution in [-0.2, 0) is 0 Å². The fraction of sp³-hybridized carbons (Fsp3) is 0.818. The smallest absolute Gasteiger partial charge is 0.0213 e. The number of hydrogen-bond acceptors (Lipinski definition) is 0. The zero-order valence-corrected chi connectivity index (χ0v) is 9.23. The van der Waals surface area contributed by atoms with Crippen molar-refractivity contribution in [1.29, 1.82) is 0 Å². The molecule has 0 radical (unpaired) electrons. The van der Waals surface area contributed by atoms with Crippen molar-refractivity contribution in [3.63, 3.8) is 0 Å². The first kappa shape index (κ1) is 13.3. The van der Waals surface area contributed by atoms with Crippen molar-refractivity contribution in [2.45, 2.75) is 48.5 Å².